The summed E-state index contributed by atoms with van der Waals surface area (Å²) in [5, 5.41) is 13.3. The summed E-state index contributed by atoms with van der Waals surface area (Å²) < 4.78 is 52.6. The number of rotatable bonds is 3. The first-order valence-corrected chi connectivity index (χ1v) is 5.41. The van der Waals surface area contributed by atoms with E-state index in [0.29, 0.717) is 0 Å². The lowest BCUT2D eigenvalue weighted by Gasteiger charge is -2.11. The highest BCUT2D eigenvalue weighted by atomic mass is 19.2. The van der Waals surface area contributed by atoms with Gasteiger partial charge in [-0.25, -0.2) is 22.4 Å². The van der Waals surface area contributed by atoms with E-state index in [9.17, 15) is 27.2 Å². The zero-order chi connectivity index (χ0) is 15.7. The highest BCUT2D eigenvalue weighted by molar-refractivity contribution is 6.36. The predicted molar refractivity (Wildman–Crippen MR) is 59.5 cm³/mol. The topological polar surface area (TPSA) is 88.0 Å². The van der Waals surface area contributed by atoms with Crippen LogP contribution in [0.25, 0.3) is 0 Å². The van der Waals surface area contributed by atoms with E-state index in [-0.39, 0.29) is 6.07 Å². The van der Waals surface area contributed by atoms with Crippen LogP contribution in [0.5, 0.6) is 0 Å². The van der Waals surface area contributed by atoms with Gasteiger partial charge >= 0.3 is 5.97 Å². The Balaban J connectivity index is 2.17. The van der Waals surface area contributed by atoms with Gasteiger partial charge in [0, 0.05) is 12.5 Å². The molecule has 0 aliphatic carbocycles. The fourth-order valence-electron chi connectivity index (χ4n) is 1.53. The maximum absolute atomic E-state index is 13.3. The predicted octanol–water partition coefficient (Wildman–Crippen LogP) is 1.41. The maximum Gasteiger partial charge on any atom is 0.353 e. The molecule has 0 aromatic heterocycles. The second-order valence-corrected chi connectivity index (χ2v) is 3.97. The Hall–Kier alpha value is -2.65. The van der Waals surface area contributed by atoms with E-state index in [1.807, 2.05) is 0 Å². The van der Waals surface area contributed by atoms with Crippen LogP contribution in [0.4, 0.5) is 23.2 Å². The molecule has 112 valence electrons. The molecule has 0 radical (unpaired) electrons. The second-order valence-electron chi connectivity index (χ2n) is 3.97. The van der Waals surface area contributed by atoms with Crippen LogP contribution in [0.3, 0.4) is 0 Å². The van der Waals surface area contributed by atoms with Gasteiger partial charge in [0.2, 0.25) is 6.10 Å². The molecule has 1 amide bonds. The Kier molecular flexibility index (Phi) is 3.78. The van der Waals surface area contributed by atoms with Crippen molar-refractivity contribution in [2.24, 2.45) is 5.16 Å². The molecule has 2 rings (SSSR count). The smallest absolute Gasteiger partial charge is 0.353 e. The van der Waals surface area contributed by atoms with E-state index < -0.39 is 59.1 Å². The van der Waals surface area contributed by atoms with Gasteiger partial charge in [-0.3, -0.25) is 4.79 Å². The number of benzene rings is 1. The van der Waals surface area contributed by atoms with Crippen molar-refractivity contribution in [3.05, 3.63) is 29.3 Å². The zero-order valence-corrected chi connectivity index (χ0v) is 9.99. The molecule has 1 aromatic rings. The number of aliphatic carboxylic acids is 1. The van der Waals surface area contributed by atoms with Gasteiger partial charge in [0.05, 0.1) is 0 Å². The minimum Gasteiger partial charge on any atom is -0.477 e. The Morgan fingerprint density at radius 3 is 2.29 bits per heavy atom. The van der Waals surface area contributed by atoms with Crippen LogP contribution >= 0.6 is 0 Å². The average Bonchev–Trinajstić information content (AvgIpc) is 2.91. The number of hydrogen-bond acceptors (Lipinski definition) is 4. The summed E-state index contributed by atoms with van der Waals surface area (Å²) in [5.41, 5.74) is -1.80. The van der Waals surface area contributed by atoms with E-state index in [2.05, 4.69) is 9.99 Å². The lowest BCUT2D eigenvalue weighted by Crippen LogP contribution is -2.30. The van der Waals surface area contributed by atoms with Gasteiger partial charge in [-0.05, 0) is 0 Å². The normalized spacial score (nSPS) is 17.1. The molecular weight excluding hydrogens is 300 g/mol. The summed E-state index contributed by atoms with van der Waals surface area (Å²) in [6, 6.07) is -0.0158. The number of nitrogens with zero attached hydrogens (tertiary/aromatic N) is 1. The molecule has 0 spiro atoms. The molecule has 1 aliphatic rings. The van der Waals surface area contributed by atoms with Crippen molar-refractivity contribution >= 4 is 23.3 Å². The Labute approximate surface area is 114 Å². The van der Waals surface area contributed by atoms with Crippen LogP contribution < -0.4 is 5.32 Å². The van der Waals surface area contributed by atoms with E-state index in [1.165, 1.54) is 0 Å². The van der Waals surface area contributed by atoms with Gasteiger partial charge in [-0.1, -0.05) is 5.16 Å². The summed E-state index contributed by atoms with van der Waals surface area (Å²) in [6.07, 6.45) is -1.93. The number of carbonyl (C=O) groups is 2. The standard InChI is InChI=1S/C11H6F4N2O4/c12-3-1-4(13)8(15)9(7(3)14)16-10(18)6-2-5(11(19)20)17-21-6/h1,6H,2H2,(H,16,18)(H,19,20). The molecule has 0 bridgehead atoms. The minimum atomic E-state index is -1.79. The monoisotopic (exact) mass is 306 g/mol. The van der Waals surface area contributed by atoms with Crippen molar-refractivity contribution in [1.29, 1.82) is 0 Å². The summed E-state index contributed by atoms with van der Waals surface area (Å²) >= 11 is 0. The van der Waals surface area contributed by atoms with Crippen molar-refractivity contribution in [2.75, 3.05) is 5.32 Å². The molecule has 1 aromatic carbocycles. The fraction of sp³-hybridized carbons (Fsp3) is 0.182. The SMILES string of the molecule is O=C(O)C1=NOC(C(=O)Nc2c(F)c(F)cc(F)c2F)C1. The molecule has 6 nitrogen and oxygen atoms in total. The number of carbonyl (C=O) groups excluding carboxylic acids is 1. The summed E-state index contributed by atoms with van der Waals surface area (Å²) in [7, 11) is 0. The van der Waals surface area contributed by atoms with E-state index in [4.69, 9.17) is 5.11 Å². The number of amides is 1. The Bertz CT molecular complexity index is 636. The molecule has 0 saturated carbocycles. The molecule has 2 N–H and O–H groups in total. The Morgan fingerprint density at radius 2 is 1.81 bits per heavy atom. The van der Waals surface area contributed by atoms with Crippen LogP contribution in [0.15, 0.2) is 11.2 Å². The first kappa shape index (κ1) is 14.8. The zero-order valence-electron chi connectivity index (χ0n) is 9.99. The van der Waals surface area contributed by atoms with E-state index in [0.717, 1.165) is 0 Å². The third kappa shape index (κ3) is 2.78. The third-order valence-corrected chi connectivity index (χ3v) is 2.57. The van der Waals surface area contributed by atoms with Crippen LogP contribution in [-0.4, -0.2) is 28.8 Å². The molecular formula is C11H6F4N2O4. The quantitative estimate of drug-likeness (QED) is 0.653. The molecule has 1 heterocycles. The summed E-state index contributed by atoms with van der Waals surface area (Å²) in [4.78, 5) is 26.7. The van der Waals surface area contributed by atoms with Crippen LogP contribution in [0.1, 0.15) is 6.42 Å². The number of anilines is 1. The fourth-order valence-corrected chi connectivity index (χ4v) is 1.53. The van der Waals surface area contributed by atoms with Crippen molar-refractivity contribution in [3.8, 4) is 0 Å². The van der Waals surface area contributed by atoms with Gasteiger partial charge in [0.1, 0.15) is 5.69 Å². The number of hydrogen-bond donors (Lipinski definition) is 2. The molecule has 1 aliphatic heterocycles. The number of nitrogens with one attached hydrogen (secondary N) is 1. The van der Waals surface area contributed by atoms with Crippen molar-refractivity contribution in [1.82, 2.24) is 0 Å². The van der Waals surface area contributed by atoms with E-state index in [1.54, 1.807) is 5.32 Å². The molecule has 1 unspecified atom stereocenters. The van der Waals surface area contributed by atoms with Gasteiger partial charge < -0.3 is 15.3 Å². The van der Waals surface area contributed by atoms with Gasteiger partial charge in [0.25, 0.3) is 5.91 Å². The summed E-state index contributed by atoms with van der Waals surface area (Å²) in [6.45, 7) is 0. The minimum absolute atomic E-state index is 0.0158. The van der Waals surface area contributed by atoms with Gasteiger partial charge in [0.15, 0.2) is 29.0 Å². The van der Waals surface area contributed by atoms with Crippen LogP contribution in [-0.2, 0) is 14.4 Å². The summed E-state index contributed by atoms with van der Waals surface area (Å²) in [5.74, 6) is -9.60. The average molecular weight is 306 g/mol. The first-order chi connectivity index (χ1) is 9.81. The Morgan fingerprint density at radius 1 is 1.24 bits per heavy atom. The number of carboxylic acids is 1. The molecule has 0 fully saturated rings. The lowest BCUT2D eigenvalue weighted by molar-refractivity contribution is -0.129. The van der Waals surface area contributed by atoms with E-state index >= 15 is 0 Å². The second kappa shape index (κ2) is 5.38. The lowest BCUT2D eigenvalue weighted by atomic mass is 10.1. The molecule has 0 saturated heterocycles. The van der Waals surface area contributed by atoms with Gasteiger partial charge in [-0.15, -0.1) is 0 Å². The molecule has 1 atom stereocenters. The molecule has 21 heavy (non-hydrogen) atoms. The van der Waals surface area contributed by atoms with Gasteiger partial charge in [-0.2, -0.15) is 0 Å². The van der Waals surface area contributed by atoms with Crippen LogP contribution in [0, 0.1) is 23.3 Å². The van der Waals surface area contributed by atoms with Crippen molar-refractivity contribution < 1.29 is 37.1 Å². The van der Waals surface area contributed by atoms with Crippen molar-refractivity contribution in [2.45, 2.75) is 12.5 Å². The number of carboxylic acid groups (broad SMARTS) is 1. The highest BCUT2D eigenvalue weighted by Crippen LogP contribution is 2.25. The third-order valence-electron chi connectivity index (χ3n) is 2.57. The van der Waals surface area contributed by atoms with Crippen molar-refractivity contribution in [3.63, 3.8) is 0 Å². The number of oxime groups is 1. The first-order valence-electron chi connectivity index (χ1n) is 5.41. The molecule has 10 heteroatoms. The van der Waals surface area contributed by atoms with Crippen LogP contribution in [0.2, 0.25) is 0 Å². The maximum atomic E-state index is 13.3. The highest BCUT2D eigenvalue weighted by Gasteiger charge is 2.33. The largest absolute Gasteiger partial charge is 0.477 e. The number of halogens is 4.